The van der Waals surface area contributed by atoms with Crippen molar-refractivity contribution in [3.63, 3.8) is 0 Å². The average Bonchev–Trinajstić information content (AvgIpc) is 2.84. The molecule has 1 aliphatic heterocycles. The average molecular weight is 463 g/mol. The minimum atomic E-state index is -0.391. The van der Waals surface area contributed by atoms with Crippen molar-refractivity contribution in [2.75, 3.05) is 47.9 Å². The normalized spacial score (nSPS) is 13.5. The fourth-order valence-corrected chi connectivity index (χ4v) is 3.94. The standard InChI is InChI=1S/C26H27FN4O3/c1-3-34-26(33)19-4-7-23(8-5-19)30-10-12-31(13-11-30)24-9-6-20(17-28-24)25(32)29-22-15-18(2)14-21(27)16-22/h4-9,14-17H,3,10-13H2,1-2H3,(H,29,32). The molecule has 0 aliphatic carbocycles. The number of rotatable bonds is 6. The first-order chi connectivity index (χ1) is 16.4. The molecular weight excluding hydrogens is 435 g/mol. The molecule has 8 heteroatoms. The first kappa shape index (κ1) is 23.2. The zero-order valence-corrected chi connectivity index (χ0v) is 19.3. The summed E-state index contributed by atoms with van der Waals surface area (Å²) in [6, 6.07) is 15.4. The van der Waals surface area contributed by atoms with Gasteiger partial charge in [-0.1, -0.05) is 0 Å². The number of aryl methyl sites for hydroxylation is 1. The number of pyridine rings is 1. The minimum Gasteiger partial charge on any atom is -0.462 e. The van der Waals surface area contributed by atoms with Crippen molar-refractivity contribution in [2.24, 2.45) is 0 Å². The third-order valence-corrected chi connectivity index (χ3v) is 5.66. The first-order valence-electron chi connectivity index (χ1n) is 11.2. The number of hydrogen-bond acceptors (Lipinski definition) is 6. The van der Waals surface area contributed by atoms with Gasteiger partial charge in [0.25, 0.3) is 5.91 Å². The molecular formula is C26H27FN4O3. The summed E-state index contributed by atoms with van der Waals surface area (Å²) in [4.78, 5) is 33.2. The predicted molar refractivity (Wildman–Crippen MR) is 130 cm³/mol. The zero-order chi connectivity index (χ0) is 24.1. The molecule has 176 valence electrons. The maximum atomic E-state index is 13.6. The van der Waals surface area contributed by atoms with Crippen molar-refractivity contribution in [3.05, 3.63) is 83.3 Å². The Kier molecular flexibility index (Phi) is 7.06. The maximum absolute atomic E-state index is 13.6. The van der Waals surface area contributed by atoms with E-state index in [0.29, 0.717) is 23.4 Å². The van der Waals surface area contributed by atoms with Crippen LogP contribution >= 0.6 is 0 Å². The number of esters is 1. The van der Waals surface area contributed by atoms with Crippen molar-refractivity contribution in [1.82, 2.24) is 4.98 Å². The largest absolute Gasteiger partial charge is 0.462 e. The Morgan fingerprint density at radius 1 is 0.971 bits per heavy atom. The lowest BCUT2D eigenvalue weighted by molar-refractivity contribution is 0.0526. The van der Waals surface area contributed by atoms with E-state index in [4.69, 9.17) is 4.74 Å². The van der Waals surface area contributed by atoms with Crippen LogP contribution in [0.2, 0.25) is 0 Å². The van der Waals surface area contributed by atoms with E-state index >= 15 is 0 Å². The Hall–Kier alpha value is -3.94. The van der Waals surface area contributed by atoms with Gasteiger partial charge in [0.05, 0.1) is 17.7 Å². The molecule has 0 unspecified atom stereocenters. The van der Waals surface area contributed by atoms with Crippen molar-refractivity contribution in [3.8, 4) is 0 Å². The summed E-state index contributed by atoms with van der Waals surface area (Å²) in [5, 5.41) is 2.71. The smallest absolute Gasteiger partial charge is 0.338 e. The number of benzene rings is 2. The number of carbonyl (C=O) groups is 2. The topological polar surface area (TPSA) is 74.8 Å². The molecule has 34 heavy (non-hydrogen) atoms. The van der Waals surface area contributed by atoms with Crippen LogP contribution in [0.5, 0.6) is 0 Å². The van der Waals surface area contributed by atoms with E-state index in [1.165, 1.54) is 18.3 Å². The second-order valence-corrected chi connectivity index (χ2v) is 8.12. The summed E-state index contributed by atoms with van der Waals surface area (Å²) < 4.78 is 18.6. The Balaban J connectivity index is 1.33. The molecule has 7 nitrogen and oxygen atoms in total. The van der Waals surface area contributed by atoms with Gasteiger partial charge in [0, 0.05) is 43.8 Å². The zero-order valence-electron chi connectivity index (χ0n) is 19.3. The van der Waals surface area contributed by atoms with Gasteiger partial charge in [0.2, 0.25) is 0 Å². The second kappa shape index (κ2) is 10.3. The van der Waals surface area contributed by atoms with Crippen LogP contribution in [0.4, 0.5) is 21.6 Å². The van der Waals surface area contributed by atoms with Gasteiger partial charge in [-0.2, -0.15) is 0 Å². The lowest BCUT2D eigenvalue weighted by Crippen LogP contribution is -2.46. The summed E-state index contributed by atoms with van der Waals surface area (Å²) >= 11 is 0. The lowest BCUT2D eigenvalue weighted by atomic mass is 10.1. The van der Waals surface area contributed by atoms with Crippen molar-refractivity contribution >= 4 is 29.1 Å². The van der Waals surface area contributed by atoms with Crippen LogP contribution in [0, 0.1) is 12.7 Å². The van der Waals surface area contributed by atoms with Crippen molar-refractivity contribution in [1.29, 1.82) is 0 Å². The number of piperazine rings is 1. The molecule has 0 atom stereocenters. The van der Waals surface area contributed by atoms with Crippen molar-refractivity contribution < 1.29 is 18.7 Å². The van der Waals surface area contributed by atoms with Crippen LogP contribution in [0.1, 0.15) is 33.2 Å². The Labute approximate surface area is 198 Å². The van der Waals surface area contributed by atoms with Gasteiger partial charge < -0.3 is 19.9 Å². The number of nitrogens with one attached hydrogen (secondary N) is 1. The van der Waals surface area contributed by atoms with Gasteiger partial charge in [-0.05, 0) is 74.0 Å². The first-order valence-corrected chi connectivity index (χ1v) is 11.2. The van der Waals surface area contributed by atoms with E-state index in [0.717, 1.165) is 43.2 Å². The fraction of sp³-hybridized carbons (Fsp3) is 0.269. The number of anilines is 3. The Morgan fingerprint density at radius 2 is 1.65 bits per heavy atom. The van der Waals surface area contributed by atoms with Crippen LogP contribution in [0.15, 0.2) is 60.8 Å². The highest BCUT2D eigenvalue weighted by atomic mass is 19.1. The molecule has 1 fully saturated rings. The molecule has 2 heterocycles. The predicted octanol–water partition coefficient (Wildman–Crippen LogP) is 4.28. The van der Waals surface area contributed by atoms with Crippen LogP contribution in [0.3, 0.4) is 0 Å². The highest BCUT2D eigenvalue weighted by molar-refractivity contribution is 6.04. The maximum Gasteiger partial charge on any atom is 0.338 e. The Morgan fingerprint density at radius 3 is 2.26 bits per heavy atom. The van der Waals surface area contributed by atoms with E-state index in [9.17, 15) is 14.0 Å². The van der Waals surface area contributed by atoms with E-state index in [-0.39, 0.29) is 11.9 Å². The molecule has 2 aromatic carbocycles. The van der Waals surface area contributed by atoms with Crippen LogP contribution < -0.4 is 15.1 Å². The molecule has 0 saturated carbocycles. The molecule has 1 amide bonds. The number of nitrogens with zero attached hydrogens (tertiary/aromatic N) is 3. The summed E-state index contributed by atoms with van der Waals surface area (Å²) in [5.74, 6) is -0.235. The molecule has 4 rings (SSSR count). The van der Waals surface area contributed by atoms with Gasteiger partial charge in [-0.3, -0.25) is 4.79 Å². The number of halogens is 1. The third kappa shape index (κ3) is 5.51. The molecule has 1 saturated heterocycles. The summed E-state index contributed by atoms with van der Waals surface area (Å²) in [5.41, 5.74) is 3.16. The number of hydrogen-bond donors (Lipinski definition) is 1. The van der Waals surface area contributed by atoms with Gasteiger partial charge in [-0.15, -0.1) is 0 Å². The van der Waals surface area contributed by atoms with Crippen LogP contribution in [-0.4, -0.2) is 49.6 Å². The van der Waals surface area contributed by atoms with Gasteiger partial charge in [-0.25, -0.2) is 14.2 Å². The Bertz CT molecular complexity index is 1140. The summed E-state index contributed by atoms with van der Waals surface area (Å²) in [6.45, 7) is 7.09. The molecule has 1 aliphatic rings. The number of amides is 1. The molecule has 1 N–H and O–H groups in total. The molecule has 3 aromatic rings. The second-order valence-electron chi connectivity index (χ2n) is 8.12. The highest BCUT2D eigenvalue weighted by Crippen LogP contribution is 2.21. The van der Waals surface area contributed by atoms with E-state index in [1.54, 1.807) is 38.1 Å². The monoisotopic (exact) mass is 462 g/mol. The third-order valence-electron chi connectivity index (χ3n) is 5.66. The quantitative estimate of drug-likeness (QED) is 0.551. The van der Waals surface area contributed by atoms with Gasteiger partial charge in [0.1, 0.15) is 11.6 Å². The summed E-state index contributed by atoms with van der Waals surface area (Å²) in [6.07, 6.45) is 1.54. The molecule has 0 bridgehead atoms. The SMILES string of the molecule is CCOC(=O)c1ccc(N2CCN(c3ccc(C(=O)Nc4cc(C)cc(F)c4)cn3)CC2)cc1. The van der Waals surface area contributed by atoms with Crippen LogP contribution in [0.25, 0.3) is 0 Å². The number of ether oxygens (including phenoxy) is 1. The van der Waals surface area contributed by atoms with E-state index < -0.39 is 5.82 Å². The fourth-order valence-electron chi connectivity index (χ4n) is 3.94. The molecule has 1 aromatic heterocycles. The van der Waals surface area contributed by atoms with E-state index in [1.807, 2.05) is 18.2 Å². The van der Waals surface area contributed by atoms with Crippen LogP contribution in [-0.2, 0) is 4.74 Å². The van der Waals surface area contributed by atoms with Crippen molar-refractivity contribution in [2.45, 2.75) is 13.8 Å². The minimum absolute atomic E-state index is 0.312. The molecule has 0 spiro atoms. The number of aromatic nitrogens is 1. The van der Waals surface area contributed by atoms with E-state index in [2.05, 4.69) is 20.1 Å². The summed E-state index contributed by atoms with van der Waals surface area (Å²) in [7, 11) is 0. The van der Waals surface area contributed by atoms with Gasteiger partial charge in [0.15, 0.2) is 0 Å². The molecule has 0 radical (unpaired) electrons. The van der Waals surface area contributed by atoms with Gasteiger partial charge >= 0.3 is 5.97 Å². The highest BCUT2D eigenvalue weighted by Gasteiger charge is 2.19. The number of carbonyl (C=O) groups excluding carboxylic acids is 2. The lowest BCUT2D eigenvalue weighted by Gasteiger charge is -2.36.